The Balaban J connectivity index is 4.24. The lowest BCUT2D eigenvalue weighted by molar-refractivity contribution is -0.148. The first-order valence-corrected chi connectivity index (χ1v) is 5.61. The van der Waals surface area contributed by atoms with E-state index in [-0.39, 0.29) is 17.9 Å². The molecule has 94 valence electrons. The lowest BCUT2D eigenvalue weighted by Crippen LogP contribution is -2.41. The van der Waals surface area contributed by atoms with E-state index in [0.29, 0.717) is 12.8 Å². The van der Waals surface area contributed by atoms with Gasteiger partial charge in [-0.15, -0.1) is 0 Å². The number of amides is 1. The van der Waals surface area contributed by atoms with Crippen molar-refractivity contribution in [2.75, 3.05) is 6.54 Å². The minimum atomic E-state index is -0.869. The Morgan fingerprint density at radius 3 is 2.00 bits per heavy atom. The molecule has 0 saturated heterocycles. The van der Waals surface area contributed by atoms with E-state index in [9.17, 15) is 9.59 Å². The van der Waals surface area contributed by atoms with E-state index in [1.165, 1.54) is 0 Å². The minimum absolute atomic E-state index is 0.0735. The predicted octanol–water partition coefficient (Wildman–Crippen LogP) is 2.04. The molecule has 0 aliphatic heterocycles. The van der Waals surface area contributed by atoms with Gasteiger partial charge in [-0.1, -0.05) is 27.7 Å². The van der Waals surface area contributed by atoms with Gasteiger partial charge in [0.05, 0.1) is 5.41 Å². The van der Waals surface area contributed by atoms with Crippen LogP contribution in [0.15, 0.2) is 0 Å². The molecule has 1 unspecified atom stereocenters. The zero-order valence-corrected chi connectivity index (χ0v) is 10.9. The summed E-state index contributed by atoms with van der Waals surface area (Å²) in [7, 11) is 0. The van der Waals surface area contributed by atoms with Gasteiger partial charge in [0.15, 0.2) is 0 Å². The van der Waals surface area contributed by atoms with Crippen molar-refractivity contribution in [3.8, 4) is 0 Å². The van der Waals surface area contributed by atoms with Crippen LogP contribution in [0.25, 0.3) is 0 Å². The third-order valence-corrected chi connectivity index (χ3v) is 2.66. The Morgan fingerprint density at radius 1 is 1.19 bits per heavy atom. The van der Waals surface area contributed by atoms with Gasteiger partial charge in [0.1, 0.15) is 0 Å². The molecule has 0 radical (unpaired) electrons. The Bertz CT molecular complexity index is 268. The second-order valence-electron chi connectivity index (χ2n) is 5.73. The summed E-state index contributed by atoms with van der Waals surface area (Å²) < 4.78 is 0. The molecule has 0 aromatic carbocycles. The van der Waals surface area contributed by atoms with Crippen LogP contribution in [0.3, 0.4) is 0 Å². The molecule has 0 aromatic heterocycles. The van der Waals surface area contributed by atoms with Crippen molar-refractivity contribution in [1.29, 1.82) is 0 Å². The number of hydrogen-bond acceptors (Lipinski definition) is 2. The Hall–Kier alpha value is -1.06. The van der Waals surface area contributed by atoms with Crippen molar-refractivity contribution < 1.29 is 14.7 Å². The zero-order chi connectivity index (χ0) is 13.0. The van der Waals surface area contributed by atoms with E-state index in [2.05, 4.69) is 5.32 Å². The smallest absolute Gasteiger partial charge is 0.311 e. The standard InChI is InChI=1S/C12H23NO3/c1-6-12(5,10(15)16)8-13-9(14)7-11(2,3)4/h6-8H2,1-5H3,(H,13,14)(H,15,16). The van der Waals surface area contributed by atoms with Crippen molar-refractivity contribution in [2.45, 2.75) is 47.5 Å². The van der Waals surface area contributed by atoms with Gasteiger partial charge in [-0.3, -0.25) is 9.59 Å². The summed E-state index contributed by atoms with van der Waals surface area (Å²) in [5.41, 5.74) is -0.941. The number of hydrogen-bond donors (Lipinski definition) is 2. The predicted molar refractivity (Wildman–Crippen MR) is 63.1 cm³/mol. The van der Waals surface area contributed by atoms with E-state index in [0.717, 1.165) is 0 Å². The third kappa shape index (κ3) is 5.14. The Morgan fingerprint density at radius 2 is 1.69 bits per heavy atom. The number of aliphatic carboxylic acids is 1. The van der Waals surface area contributed by atoms with Crippen LogP contribution in [-0.4, -0.2) is 23.5 Å². The molecule has 0 aliphatic rings. The lowest BCUT2D eigenvalue weighted by Gasteiger charge is -2.24. The number of carbonyl (C=O) groups is 2. The van der Waals surface area contributed by atoms with Crippen molar-refractivity contribution in [3.05, 3.63) is 0 Å². The maximum Gasteiger partial charge on any atom is 0.311 e. The molecular formula is C12H23NO3. The summed E-state index contributed by atoms with van der Waals surface area (Å²) in [5.74, 6) is -0.959. The van der Waals surface area contributed by atoms with Crippen LogP contribution in [0.2, 0.25) is 0 Å². The highest BCUT2D eigenvalue weighted by Crippen LogP contribution is 2.21. The van der Waals surface area contributed by atoms with Gasteiger partial charge in [0, 0.05) is 13.0 Å². The number of carboxylic acid groups (broad SMARTS) is 1. The van der Waals surface area contributed by atoms with Gasteiger partial charge in [-0.2, -0.15) is 0 Å². The average molecular weight is 229 g/mol. The maximum absolute atomic E-state index is 11.5. The first-order valence-electron chi connectivity index (χ1n) is 5.61. The second-order valence-corrected chi connectivity index (χ2v) is 5.73. The number of carboxylic acids is 1. The largest absolute Gasteiger partial charge is 0.481 e. The molecule has 16 heavy (non-hydrogen) atoms. The molecular weight excluding hydrogens is 206 g/mol. The van der Waals surface area contributed by atoms with Crippen LogP contribution in [0.5, 0.6) is 0 Å². The molecule has 0 heterocycles. The van der Waals surface area contributed by atoms with Crippen LogP contribution in [0.4, 0.5) is 0 Å². The molecule has 4 heteroatoms. The Labute approximate surface area is 97.4 Å². The fraction of sp³-hybridized carbons (Fsp3) is 0.833. The first kappa shape index (κ1) is 14.9. The van der Waals surface area contributed by atoms with Crippen molar-refractivity contribution in [1.82, 2.24) is 5.32 Å². The number of carbonyl (C=O) groups excluding carboxylic acids is 1. The summed E-state index contributed by atoms with van der Waals surface area (Å²) in [5, 5.41) is 11.7. The van der Waals surface area contributed by atoms with Gasteiger partial charge in [-0.05, 0) is 18.8 Å². The summed E-state index contributed by atoms with van der Waals surface area (Å²) in [6.45, 7) is 9.57. The van der Waals surface area contributed by atoms with Gasteiger partial charge in [0.2, 0.25) is 5.91 Å². The van der Waals surface area contributed by atoms with Gasteiger partial charge >= 0.3 is 5.97 Å². The van der Waals surface area contributed by atoms with Gasteiger partial charge in [0.25, 0.3) is 0 Å². The van der Waals surface area contributed by atoms with Crippen LogP contribution >= 0.6 is 0 Å². The minimum Gasteiger partial charge on any atom is -0.481 e. The summed E-state index contributed by atoms with van der Waals surface area (Å²) in [6.07, 6.45) is 0.907. The number of nitrogens with one attached hydrogen (secondary N) is 1. The van der Waals surface area contributed by atoms with Gasteiger partial charge in [-0.25, -0.2) is 0 Å². The van der Waals surface area contributed by atoms with Crippen molar-refractivity contribution >= 4 is 11.9 Å². The molecule has 2 N–H and O–H groups in total. The molecule has 1 atom stereocenters. The zero-order valence-electron chi connectivity index (χ0n) is 10.9. The average Bonchev–Trinajstić information content (AvgIpc) is 2.11. The quantitative estimate of drug-likeness (QED) is 0.758. The van der Waals surface area contributed by atoms with E-state index in [1.54, 1.807) is 6.92 Å². The van der Waals surface area contributed by atoms with Crippen LogP contribution in [0, 0.1) is 10.8 Å². The first-order chi connectivity index (χ1) is 7.10. The van der Waals surface area contributed by atoms with Crippen molar-refractivity contribution in [2.24, 2.45) is 10.8 Å². The molecule has 0 spiro atoms. The van der Waals surface area contributed by atoms with E-state index in [4.69, 9.17) is 5.11 Å². The number of rotatable bonds is 5. The SMILES string of the molecule is CCC(C)(CNC(=O)CC(C)(C)C)C(=O)O. The molecule has 0 fully saturated rings. The van der Waals surface area contributed by atoms with E-state index >= 15 is 0 Å². The molecule has 1 amide bonds. The second kappa shape index (κ2) is 5.32. The molecule has 0 rings (SSSR count). The molecule has 0 aromatic rings. The monoisotopic (exact) mass is 229 g/mol. The van der Waals surface area contributed by atoms with Crippen LogP contribution in [0.1, 0.15) is 47.5 Å². The lowest BCUT2D eigenvalue weighted by atomic mass is 9.87. The molecule has 0 bridgehead atoms. The highest BCUT2D eigenvalue weighted by molar-refractivity contribution is 5.79. The fourth-order valence-corrected chi connectivity index (χ4v) is 1.19. The summed E-state index contributed by atoms with van der Waals surface area (Å²) >= 11 is 0. The summed E-state index contributed by atoms with van der Waals surface area (Å²) in [6, 6.07) is 0. The highest BCUT2D eigenvalue weighted by Gasteiger charge is 2.31. The van der Waals surface area contributed by atoms with Crippen LogP contribution in [-0.2, 0) is 9.59 Å². The summed E-state index contributed by atoms with van der Waals surface area (Å²) in [4.78, 5) is 22.5. The third-order valence-electron chi connectivity index (χ3n) is 2.66. The molecule has 0 aliphatic carbocycles. The van der Waals surface area contributed by atoms with Crippen LogP contribution < -0.4 is 5.32 Å². The normalized spacial score (nSPS) is 15.3. The Kier molecular flexibility index (Phi) is 4.97. The molecule has 0 saturated carbocycles. The fourth-order valence-electron chi connectivity index (χ4n) is 1.19. The highest BCUT2D eigenvalue weighted by atomic mass is 16.4. The topological polar surface area (TPSA) is 66.4 Å². The van der Waals surface area contributed by atoms with Crippen molar-refractivity contribution in [3.63, 3.8) is 0 Å². The van der Waals surface area contributed by atoms with Gasteiger partial charge < -0.3 is 10.4 Å². The maximum atomic E-state index is 11.5. The van der Waals surface area contributed by atoms with E-state index in [1.807, 2.05) is 27.7 Å². The van der Waals surface area contributed by atoms with E-state index < -0.39 is 11.4 Å². The molecule has 4 nitrogen and oxygen atoms in total.